The van der Waals surface area contributed by atoms with Gasteiger partial charge in [-0.3, -0.25) is 0 Å². The fraction of sp³-hybridized carbons (Fsp3) is 0.167. The summed E-state index contributed by atoms with van der Waals surface area (Å²) in [4.78, 5) is 10.6. The Bertz CT molecular complexity index is 516. The summed E-state index contributed by atoms with van der Waals surface area (Å²) in [6, 6.07) is 9.22. The average Bonchev–Trinajstić information content (AvgIpc) is 2.78. The van der Waals surface area contributed by atoms with Crippen LogP contribution in [0, 0.1) is 0 Å². The first kappa shape index (κ1) is 10.4. The van der Waals surface area contributed by atoms with E-state index in [1.807, 2.05) is 24.3 Å². The molecule has 1 aromatic carbocycles. The number of hydrogen-bond acceptors (Lipinski definition) is 3. The van der Waals surface area contributed by atoms with Crippen molar-refractivity contribution in [3.63, 3.8) is 0 Å². The number of carbonyl (C=O) groups is 1. The number of hydrogen-bond donors (Lipinski definition) is 1. The molecule has 1 aromatic heterocycles. The number of rotatable bonds is 3. The Kier molecular flexibility index (Phi) is 2.72. The maximum atomic E-state index is 10.6. The van der Waals surface area contributed by atoms with Gasteiger partial charge in [0.15, 0.2) is 0 Å². The minimum Gasteiger partial charge on any atom is -0.475 e. The number of aromatic nitrogens is 1. The predicted octanol–water partition coefficient (Wildman–Crippen LogP) is 2.60. The molecule has 1 N–H and O–H groups in total. The quantitative estimate of drug-likeness (QED) is 0.858. The van der Waals surface area contributed by atoms with E-state index in [0.717, 1.165) is 12.0 Å². The van der Waals surface area contributed by atoms with Crippen molar-refractivity contribution >= 4 is 5.97 Å². The van der Waals surface area contributed by atoms with Crippen LogP contribution in [-0.4, -0.2) is 16.2 Å². The van der Waals surface area contributed by atoms with Crippen molar-refractivity contribution in [3.8, 4) is 11.3 Å². The van der Waals surface area contributed by atoms with Gasteiger partial charge in [0.2, 0.25) is 5.76 Å². The molecule has 82 valence electrons. The third kappa shape index (κ3) is 1.95. The highest BCUT2D eigenvalue weighted by Gasteiger charge is 2.12. The monoisotopic (exact) mass is 217 g/mol. The summed E-state index contributed by atoms with van der Waals surface area (Å²) in [7, 11) is 0. The highest BCUT2D eigenvalue weighted by molar-refractivity contribution is 5.85. The zero-order chi connectivity index (χ0) is 11.5. The van der Waals surface area contributed by atoms with E-state index >= 15 is 0 Å². The summed E-state index contributed by atoms with van der Waals surface area (Å²) < 4.78 is 4.70. The van der Waals surface area contributed by atoms with Gasteiger partial charge in [-0.1, -0.05) is 30.3 Å². The van der Waals surface area contributed by atoms with Crippen molar-refractivity contribution < 1.29 is 14.4 Å². The van der Waals surface area contributed by atoms with Gasteiger partial charge in [-0.2, -0.15) is 0 Å². The molecule has 16 heavy (non-hydrogen) atoms. The van der Waals surface area contributed by atoms with E-state index in [0.29, 0.717) is 5.69 Å². The van der Waals surface area contributed by atoms with Gasteiger partial charge in [0.1, 0.15) is 5.69 Å². The molecule has 1 heterocycles. The number of aryl methyl sites for hydroxylation is 1. The van der Waals surface area contributed by atoms with Crippen LogP contribution in [0.4, 0.5) is 0 Å². The van der Waals surface area contributed by atoms with Crippen LogP contribution >= 0.6 is 0 Å². The lowest BCUT2D eigenvalue weighted by molar-refractivity contribution is 0.0652. The van der Waals surface area contributed by atoms with Crippen molar-refractivity contribution in [1.29, 1.82) is 0 Å². The number of nitrogens with zero attached hydrogens (tertiary/aromatic N) is 1. The van der Waals surface area contributed by atoms with E-state index in [2.05, 4.69) is 12.1 Å². The van der Waals surface area contributed by atoms with E-state index < -0.39 is 5.97 Å². The first-order valence-corrected chi connectivity index (χ1v) is 5.00. The Morgan fingerprint density at radius 2 is 2.25 bits per heavy atom. The number of carboxylic acid groups (broad SMARTS) is 1. The summed E-state index contributed by atoms with van der Waals surface area (Å²) in [5.74, 6) is -1.25. The van der Waals surface area contributed by atoms with Crippen LogP contribution in [0.15, 0.2) is 34.9 Å². The average molecular weight is 217 g/mol. The summed E-state index contributed by atoms with van der Waals surface area (Å²) in [6.07, 6.45) is 0.928. The maximum absolute atomic E-state index is 10.6. The lowest BCUT2D eigenvalue weighted by Gasteiger charge is -1.98. The molecule has 0 aliphatic heterocycles. The first-order valence-electron chi connectivity index (χ1n) is 5.00. The number of aromatic carboxylic acids is 1. The molecule has 4 heteroatoms. The van der Waals surface area contributed by atoms with Crippen molar-refractivity contribution in [2.24, 2.45) is 0 Å². The van der Waals surface area contributed by atoms with Crippen molar-refractivity contribution in [3.05, 3.63) is 41.7 Å². The molecule has 2 rings (SSSR count). The third-order valence-electron chi connectivity index (χ3n) is 2.35. The van der Waals surface area contributed by atoms with Gasteiger partial charge < -0.3 is 9.63 Å². The summed E-state index contributed by atoms with van der Waals surface area (Å²) >= 11 is 0. The SMILES string of the molecule is CCc1cccc(-c2cc(C(=O)O)on2)c1. The van der Waals surface area contributed by atoms with Crippen molar-refractivity contribution in [2.45, 2.75) is 13.3 Å². The van der Waals surface area contributed by atoms with E-state index in [9.17, 15) is 4.79 Å². The van der Waals surface area contributed by atoms with Gasteiger partial charge in [0, 0.05) is 11.6 Å². The Hall–Kier alpha value is -2.10. The van der Waals surface area contributed by atoms with E-state index in [-0.39, 0.29) is 5.76 Å². The molecular formula is C12H11NO3. The van der Waals surface area contributed by atoms with Crippen LogP contribution in [0.25, 0.3) is 11.3 Å². The standard InChI is InChI=1S/C12H11NO3/c1-2-8-4-3-5-9(6-8)10-7-11(12(14)15)16-13-10/h3-7H,2H2,1H3,(H,14,15). The van der Waals surface area contributed by atoms with Gasteiger partial charge in [-0.15, -0.1) is 0 Å². The van der Waals surface area contributed by atoms with Crippen molar-refractivity contribution in [1.82, 2.24) is 5.16 Å². The smallest absolute Gasteiger partial charge is 0.374 e. The van der Waals surface area contributed by atoms with Crippen molar-refractivity contribution in [2.75, 3.05) is 0 Å². The second-order valence-corrected chi connectivity index (χ2v) is 3.44. The lowest BCUT2D eigenvalue weighted by Crippen LogP contribution is -1.91. The molecular weight excluding hydrogens is 206 g/mol. The third-order valence-corrected chi connectivity index (χ3v) is 2.35. The van der Waals surface area contributed by atoms with Crippen LogP contribution in [0.3, 0.4) is 0 Å². The molecule has 0 aliphatic rings. The molecule has 0 amide bonds. The summed E-state index contributed by atoms with van der Waals surface area (Å²) in [5, 5.41) is 12.4. The molecule has 0 aliphatic carbocycles. The largest absolute Gasteiger partial charge is 0.475 e. The summed E-state index contributed by atoms with van der Waals surface area (Å²) in [5.41, 5.74) is 2.60. The van der Waals surface area contributed by atoms with E-state index in [1.165, 1.54) is 11.6 Å². The Balaban J connectivity index is 2.38. The predicted molar refractivity (Wildman–Crippen MR) is 58.3 cm³/mol. The minimum absolute atomic E-state index is 0.142. The topological polar surface area (TPSA) is 63.3 Å². The van der Waals surface area contributed by atoms with Gasteiger partial charge in [-0.25, -0.2) is 4.79 Å². The fourth-order valence-corrected chi connectivity index (χ4v) is 1.46. The van der Waals surface area contributed by atoms with Gasteiger partial charge in [-0.05, 0) is 18.1 Å². The van der Waals surface area contributed by atoms with Crippen LogP contribution in [0.1, 0.15) is 23.0 Å². The highest BCUT2D eigenvalue weighted by Crippen LogP contribution is 2.20. The molecule has 4 nitrogen and oxygen atoms in total. The minimum atomic E-state index is -1.11. The van der Waals surface area contributed by atoms with Crippen LogP contribution in [-0.2, 0) is 6.42 Å². The van der Waals surface area contributed by atoms with Gasteiger partial charge in [0.05, 0.1) is 0 Å². The Morgan fingerprint density at radius 3 is 2.88 bits per heavy atom. The van der Waals surface area contributed by atoms with E-state index in [1.54, 1.807) is 0 Å². The van der Waals surface area contributed by atoms with Gasteiger partial charge in [0.25, 0.3) is 0 Å². The zero-order valence-electron chi connectivity index (χ0n) is 8.80. The first-order chi connectivity index (χ1) is 7.70. The van der Waals surface area contributed by atoms with Crippen LogP contribution < -0.4 is 0 Å². The second-order valence-electron chi connectivity index (χ2n) is 3.44. The number of benzene rings is 1. The second kappa shape index (κ2) is 4.18. The van der Waals surface area contributed by atoms with Crippen LogP contribution in [0.5, 0.6) is 0 Å². The molecule has 0 atom stereocenters. The molecule has 0 saturated carbocycles. The molecule has 0 spiro atoms. The number of carboxylic acids is 1. The molecule has 0 fully saturated rings. The maximum Gasteiger partial charge on any atom is 0.374 e. The molecule has 0 radical (unpaired) electrons. The molecule has 2 aromatic rings. The highest BCUT2D eigenvalue weighted by atomic mass is 16.5. The Labute approximate surface area is 92.5 Å². The van der Waals surface area contributed by atoms with Gasteiger partial charge >= 0.3 is 5.97 Å². The van der Waals surface area contributed by atoms with Crippen LogP contribution in [0.2, 0.25) is 0 Å². The zero-order valence-corrected chi connectivity index (χ0v) is 8.80. The molecule has 0 unspecified atom stereocenters. The lowest BCUT2D eigenvalue weighted by atomic mass is 10.1. The molecule has 0 bridgehead atoms. The molecule has 0 saturated heterocycles. The summed E-state index contributed by atoms with van der Waals surface area (Å²) in [6.45, 7) is 2.06. The fourth-order valence-electron chi connectivity index (χ4n) is 1.46. The Morgan fingerprint density at radius 1 is 1.44 bits per heavy atom. The normalized spacial score (nSPS) is 10.3. The van der Waals surface area contributed by atoms with E-state index in [4.69, 9.17) is 9.63 Å².